The van der Waals surface area contributed by atoms with Crippen LogP contribution in [0, 0.1) is 0 Å². The SMILES string of the molecule is CCN(C)CCOc1cc(-c2nc(N)nc3sc(-c4nn[nH]n4)cc23)c(Cl)cc1Cl. The zero-order valence-electron chi connectivity index (χ0n) is 16.2. The molecule has 0 spiro atoms. The third kappa shape index (κ3) is 4.17. The van der Waals surface area contributed by atoms with Gasteiger partial charge in [-0.15, -0.1) is 21.5 Å². The first-order valence-corrected chi connectivity index (χ1v) is 10.6. The predicted octanol–water partition coefficient (Wildman–Crippen LogP) is 3.76. The Balaban J connectivity index is 1.76. The quantitative estimate of drug-likeness (QED) is 0.424. The fraction of sp³-hybridized carbons (Fsp3) is 0.278. The third-order valence-electron chi connectivity index (χ3n) is 4.52. The number of halogens is 2. The average Bonchev–Trinajstić information content (AvgIpc) is 3.38. The Morgan fingerprint density at radius 1 is 1.20 bits per heavy atom. The van der Waals surface area contributed by atoms with Crippen LogP contribution in [0.5, 0.6) is 5.75 Å². The number of rotatable bonds is 7. The summed E-state index contributed by atoms with van der Waals surface area (Å²) < 4.78 is 5.90. The number of anilines is 1. The van der Waals surface area contributed by atoms with Gasteiger partial charge < -0.3 is 15.4 Å². The zero-order chi connectivity index (χ0) is 21.3. The van der Waals surface area contributed by atoms with Crippen LogP contribution in [-0.2, 0) is 0 Å². The van der Waals surface area contributed by atoms with Crippen LogP contribution in [0.15, 0.2) is 18.2 Å². The molecule has 0 aliphatic rings. The lowest BCUT2D eigenvalue weighted by atomic mass is 10.1. The number of nitrogen functional groups attached to an aromatic ring is 1. The highest BCUT2D eigenvalue weighted by Gasteiger charge is 2.19. The second-order valence-corrected chi connectivity index (χ2v) is 8.35. The normalized spacial score (nSPS) is 11.5. The molecule has 4 aromatic rings. The van der Waals surface area contributed by atoms with Crippen LogP contribution in [0.2, 0.25) is 10.0 Å². The van der Waals surface area contributed by atoms with Gasteiger partial charge in [-0.2, -0.15) is 5.21 Å². The van der Waals surface area contributed by atoms with Gasteiger partial charge in [-0.25, -0.2) is 9.97 Å². The van der Waals surface area contributed by atoms with Gasteiger partial charge in [0.1, 0.15) is 17.2 Å². The largest absolute Gasteiger partial charge is 0.491 e. The number of hydrogen-bond donors (Lipinski definition) is 2. The highest BCUT2D eigenvalue weighted by Crippen LogP contribution is 2.41. The first-order chi connectivity index (χ1) is 14.5. The van der Waals surface area contributed by atoms with Crippen LogP contribution in [0.3, 0.4) is 0 Å². The number of hydrogen-bond acceptors (Lipinski definition) is 9. The van der Waals surface area contributed by atoms with Crippen LogP contribution in [0.4, 0.5) is 5.95 Å². The Labute approximate surface area is 186 Å². The van der Waals surface area contributed by atoms with E-state index in [1.165, 1.54) is 11.3 Å². The van der Waals surface area contributed by atoms with Gasteiger partial charge in [-0.1, -0.05) is 30.1 Å². The smallest absolute Gasteiger partial charge is 0.221 e. The van der Waals surface area contributed by atoms with E-state index in [0.717, 1.165) is 23.4 Å². The maximum Gasteiger partial charge on any atom is 0.221 e. The molecule has 0 bridgehead atoms. The highest BCUT2D eigenvalue weighted by molar-refractivity contribution is 7.21. The van der Waals surface area contributed by atoms with Crippen molar-refractivity contribution in [2.75, 3.05) is 32.5 Å². The zero-order valence-corrected chi connectivity index (χ0v) is 18.5. The molecule has 9 nitrogen and oxygen atoms in total. The van der Waals surface area contributed by atoms with Gasteiger partial charge in [0.25, 0.3) is 0 Å². The van der Waals surface area contributed by atoms with E-state index in [4.69, 9.17) is 33.7 Å². The van der Waals surface area contributed by atoms with E-state index in [1.54, 1.807) is 12.1 Å². The van der Waals surface area contributed by atoms with Gasteiger partial charge in [-0.3, -0.25) is 0 Å². The van der Waals surface area contributed by atoms with E-state index in [2.05, 4.69) is 42.4 Å². The minimum atomic E-state index is 0.136. The number of fused-ring (bicyclic) bond motifs is 1. The van der Waals surface area contributed by atoms with E-state index in [1.807, 2.05) is 13.1 Å². The second kappa shape index (κ2) is 8.68. The molecule has 156 valence electrons. The van der Waals surface area contributed by atoms with Crippen molar-refractivity contribution in [3.05, 3.63) is 28.2 Å². The standard InChI is InChI=1S/C18H18Cl2N8OS/c1-3-28(2)4-5-29-13-6-9(11(19)8-12(13)20)15-10-7-14(16-24-26-27-25-16)30-17(10)23-18(21)22-15/h6-8H,3-5H2,1-2H3,(H2,21,22,23)(H,24,25,26,27). The number of nitrogens with two attached hydrogens (primary N) is 1. The summed E-state index contributed by atoms with van der Waals surface area (Å²) in [5.74, 6) is 1.13. The number of tetrazole rings is 1. The molecule has 30 heavy (non-hydrogen) atoms. The van der Waals surface area contributed by atoms with Gasteiger partial charge in [0.2, 0.25) is 11.8 Å². The number of nitrogens with zero attached hydrogens (tertiary/aromatic N) is 6. The van der Waals surface area contributed by atoms with E-state index < -0.39 is 0 Å². The molecule has 4 rings (SSSR count). The lowest BCUT2D eigenvalue weighted by Gasteiger charge is -2.16. The number of likely N-dealkylation sites (N-methyl/N-ethyl adjacent to an activating group) is 1. The Bertz CT molecular complexity index is 1180. The van der Waals surface area contributed by atoms with E-state index in [0.29, 0.717) is 44.3 Å². The lowest BCUT2D eigenvalue weighted by molar-refractivity contribution is 0.244. The van der Waals surface area contributed by atoms with E-state index in [-0.39, 0.29) is 5.95 Å². The van der Waals surface area contributed by atoms with Crippen molar-refractivity contribution in [3.8, 4) is 27.7 Å². The number of H-pyrrole nitrogens is 1. The number of ether oxygens (including phenoxy) is 1. The van der Waals surface area contributed by atoms with Gasteiger partial charge in [-0.05, 0) is 37.0 Å². The first-order valence-electron chi connectivity index (χ1n) is 9.08. The van der Waals surface area contributed by atoms with Gasteiger partial charge >= 0.3 is 0 Å². The maximum absolute atomic E-state index is 6.52. The molecule has 0 unspecified atom stereocenters. The molecule has 0 fully saturated rings. The molecule has 12 heteroatoms. The Morgan fingerprint density at radius 2 is 2.03 bits per heavy atom. The summed E-state index contributed by atoms with van der Waals surface area (Å²) in [6.07, 6.45) is 0. The van der Waals surface area contributed by atoms with Crippen molar-refractivity contribution in [1.29, 1.82) is 0 Å². The van der Waals surface area contributed by atoms with Crippen molar-refractivity contribution >= 4 is 50.7 Å². The summed E-state index contributed by atoms with van der Waals surface area (Å²) in [7, 11) is 2.02. The van der Waals surface area contributed by atoms with Crippen molar-refractivity contribution < 1.29 is 4.74 Å². The summed E-state index contributed by atoms with van der Waals surface area (Å²) in [5, 5.41) is 15.7. The molecule has 0 aliphatic carbocycles. The number of aromatic nitrogens is 6. The summed E-state index contributed by atoms with van der Waals surface area (Å²) in [5.41, 5.74) is 7.20. The van der Waals surface area contributed by atoms with Crippen molar-refractivity contribution in [2.24, 2.45) is 0 Å². The summed E-state index contributed by atoms with van der Waals surface area (Å²) >= 11 is 14.3. The molecular formula is C18H18Cl2N8OS. The van der Waals surface area contributed by atoms with E-state index in [9.17, 15) is 0 Å². The van der Waals surface area contributed by atoms with E-state index >= 15 is 0 Å². The van der Waals surface area contributed by atoms with Crippen LogP contribution in [0.1, 0.15) is 6.92 Å². The highest BCUT2D eigenvalue weighted by atomic mass is 35.5. The van der Waals surface area contributed by atoms with Gasteiger partial charge in [0, 0.05) is 17.5 Å². The van der Waals surface area contributed by atoms with Crippen molar-refractivity contribution in [2.45, 2.75) is 6.92 Å². The second-order valence-electron chi connectivity index (χ2n) is 6.50. The van der Waals surface area contributed by atoms with Crippen LogP contribution in [-0.4, -0.2) is 62.2 Å². The Morgan fingerprint density at radius 3 is 2.77 bits per heavy atom. The maximum atomic E-state index is 6.52. The molecule has 0 aliphatic heterocycles. The van der Waals surface area contributed by atoms with Crippen LogP contribution >= 0.6 is 34.5 Å². The molecule has 3 N–H and O–H groups in total. The summed E-state index contributed by atoms with van der Waals surface area (Å²) in [4.78, 5) is 12.4. The number of thiophene rings is 1. The first kappa shape index (κ1) is 20.7. The lowest BCUT2D eigenvalue weighted by Crippen LogP contribution is -2.23. The number of nitrogens with one attached hydrogen (secondary N) is 1. The molecule has 0 saturated carbocycles. The van der Waals surface area contributed by atoms with Gasteiger partial charge in [0.05, 0.1) is 20.6 Å². The molecule has 0 atom stereocenters. The van der Waals surface area contributed by atoms with Crippen LogP contribution in [0.25, 0.3) is 32.2 Å². The fourth-order valence-electron chi connectivity index (χ4n) is 2.81. The van der Waals surface area contributed by atoms with Gasteiger partial charge in [0.15, 0.2) is 0 Å². The minimum absolute atomic E-state index is 0.136. The topological polar surface area (TPSA) is 119 Å². The predicted molar refractivity (Wildman–Crippen MR) is 119 cm³/mol. The van der Waals surface area contributed by atoms with Crippen LogP contribution < -0.4 is 10.5 Å². The van der Waals surface area contributed by atoms with Crippen molar-refractivity contribution in [3.63, 3.8) is 0 Å². The monoisotopic (exact) mass is 464 g/mol. The molecule has 0 amide bonds. The third-order valence-corrected chi connectivity index (χ3v) is 6.16. The van der Waals surface area contributed by atoms with Crippen molar-refractivity contribution in [1.82, 2.24) is 35.5 Å². The molecular weight excluding hydrogens is 447 g/mol. The summed E-state index contributed by atoms with van der Waals surface area (Å²) in [6.45, 7) is 4.28. The molecule has 0 saturated heterocycles. The molecule has 3 heterocycles. The summed E-state index contributed by atoms with van der Waals surface area (Å²) in [6, 6.07) is 5.32. The molecule has 0 radical (unpaired) electrons. The Kier molecular flexibility index (Phi) is 6.00. The molecule has 3 aromatic heterocycles. The number of benzene rings is 1. The Hall–Kier alpha value is -2.53. The minimum Gasteiger partial charge on any atom is -0.491 e. The average molecular weight is 465 g/mol. The number of aromatic amines is 1. The fourth-order valence-corrected chi connectivity index (χ4v) is 4.31. The molecule has 1 aromatic carbocycles.